The lowest BCUT2D eigenvalue weighted by Crippen LogP contribution is -2.40. The molecule has 0 fully saturated rings. The maximum absolute atomic E-state index is 10.1. The average molecular weight is 277 g/mol. The molecule has 1 unspecified atom stereocenters. The molecule has 0 radical (unpaired) electrons. The van der Waals surface area contributed by atoms with Gasteiger partial charge in [0.2, 0.25) is 0 Å². The van der Waals surface area contributed by atoms with Crippen molar-refractivity contribution in [2.45, 2.75) is 32.8 Å². The second-order valence-corrected chi connectivity index (χ2v) is 5.49. The zero-order chi connectivity index (χ0) is 14.6. The molecule has 0 rings (SSSR count). The molecule has 0 aliphatic carbocycles. The van der Waals surface area contributed by atoms with Crippen LogP contribution in [0.15, 0.2) is 0 Å². The Balaban J connectivity index is 3.26. The molecule has 116 valence electrons. The Morgan fingerprint density at radius 1 is 1.05 bits per heavy atom. The summed E-state index contributed by atoms with van der Waals surface area (Å²) in [6, 6.07) is 0. The number of nitrogens with one attached hydrogen (secondary N) is 1. The van der Waals surface area contributed by atoms with Crippen LogP contribution in [0.4, 0.5) is 0 Å². The van der Waals surface area contributed by atoms with Crippen LogP contribution in [0.5, 0.6) is 0 Å². The Bertz CT molecular complexity index is 198. The van der Waals surface area contributed by atoms with Crippen molar-refractivity contribution in [3.05, 3.63) is 0 Å². The second-order valence-electron chi connectivity index (χ2n) is 5.49. The van der Waals surface area contributed by atoms with Gasteiger partial charge >= 0.3 is 0 Å². The molecule has 0 amide bonds. The van der Waals surface area contributed by atoms with Gasteiger partial charge in [-0.05, 0) is 19.3 Å². The Morgan fingerprint density at radius 2 is 1.63 bits per heavy atom. The highest BCUT2D eigenvalue weighted by atomic mass is 16.5. The molecule has 0 aromatic rings. The van der Waals surface area contributed by atoms with Crippen molar-refractivity contribution in [2.75, 3.05) is 53.2 Å². The second kappa shape index (κ2) is 11.6. The molecule has 19 heavy (non-hydrogen) atoms. The fourth-order valence-electron chi connectivity index (χ4n) is 1.92. The van der Waals surface area contributed by atoms with E-state index in [1.54, 1.807) is 7.11 Å². The summed E-state index contributed by atoms with van der Waals surface area (Å²) in [7, 11) is 1.65. The minimum Gasteiger partial charge on any atom is -0.389 e. The van der Waals surface area contributed by atoms with Gasteiger partial charge < -0.3 is 24.6 Å². The summed E-state index contributed by atoms with van der Waals surface area (Å²) in [5.41, 5.74) is -0.641. The first-order chi connectivity index (χ1) is 8.98. The third kappa shape index (κ3) is 14.0. The van der Waals surface area contributed by atoms with Crippen LogP contribution in [0.2, 0.25) is 0 Å². The highest BCUT2D eigenvalue weighted by Gasteiger charge is 2.20. The summed E-state index contributed by atoms with van der Waals surface area (Å²) in [5.74, 6) is 0.497. The molecule has 0 aromatic heterocycles. The molecule has 0 spiro atoms. The lowest BCUT2D eigenvalue weighted by Gasteiger charge is -2.25. The average Bonchev–Trinajstić information content (AvgIpc) is 2.30. The fourth-order valence-corrected chi connectivity index (χ4v) is 1.92. The normalized spacial score (nSPS) is 14.8. The molecule has 2 N–H and O–H groups in total. The third-order valence-corrected chi connectivity index (χ3v) is 2.58. The SMILES string of the molecule is COCCOCCOCCNCC(C)(O)CC(C)C. The Morgan fingerprint density at radius 3 is 2.21 bits per heavy atom. The number of hydrogen-bond donors (Lipinski definition) is 2. The van der Waals surface area contributed by atoms with E-state index in [4.69, 9.17) is 14.2 Å². The van der Waals surface area contributed by atoms with E-state index in [1.807, 2.05) is 6.92 Å². The number of rotatable bonds is 13. The first-order valence-corrected chi connectivity index (χ1v) is 7.05. The van der Waals surface area contributed by atoms with Crippen LogP contribution in [0.1, 0.15) is 27.2 Å². The van der Waals surface area contributed by atoms with Gasteiger partial charge in [0, 0.05) is 20.2 Å². The number of hydrogen-bond acceptors (Lipinski definition) is 5. The van der Waals surface area contributed by atoms with Gasteiger partial charge in [0.25, 0.3) is 0 Å². The van der Waals surface area contributed by atoms with E-state index in [-0.39, 0.29) is 0 Å². The third-order valence-electron chi connectivity index (χ3n) is 2.58. The summed E-state index contributed by atoms with van der Waals surface area (Å²) in [5, 5.41) is 13.3. The van der Waals surface area contributed by atoms with Crippen molar-refractivity contribution < 1.29 is 19.3 Å². The number of aliphatic hydroxyl groups is 1. The predicted octanol–water partition coefficient (Wildman–Crippen LogP) is 1.05. The molecule has 0 heterocycles. The molecule has 0 aromatic carbocycles. The van der Waals surface area contributed by atoms with Crippen LogP contribution in [0.3, 0.4) is 0 Å². The molecule has 0 saturated carbocycles. The van der Waals surface area contributed by atoms with E-state index >= 15 is 0 Å². The first kappa shape index (κ1) is 18.8. The largest absolute Gasteiger partial charge is 0.389 e. The summed E-state index contributed by atoms with van der Waals surface area (Å²) in [6.45, 7) is 10.5. The highest BCUT2D eigenvalue weighted by molar-refractivity contribution is 4.76. The summed E-state index contributed by atoms with van der Waals surface area (Å²) >= 11 is 0. The number of ether oxygens (including phenoxy) is 3. The summed E-state index contributed by atoms with van der Waals surface area (Å²) < 4.78 is 15.5. The Labute approximate surface area is 117 Å². The van der Waals surface area contributed by atoms with E-state index in [2.05, 4.69) is 19.2 Å². The molecule has 0 saturated heterocycles. The number of methoxy groups -OCH3 is 1. The molecule has 5 nitrogen and oxygen atoms in total. The lowest BCUT2D eigenvalue weighted by molar-refractivity contribution is 0.0203. The molecule has 0 bridgehead atoms. The topological polar surface area (TPSA) is 60.0 Å². The maximum atomic E-state index is 10.1. The predicted molar refractivity (Wildman–Crippen MR) is 76.5 cm³/mol. The Hall–Kier alpha value is -0.200. The fraction of sp³-hybridized carbons (Fsp3) is 1.00. The minimum atomic E-state index is -0.641. The van der Waals surface area contributed by atoms with Crippen molar-refractivity contribution in [3.63, 3.8) is 0 Å². The van der Waals surface area contributed by atoms with Gasteiger partial charge in [0.1, 0.15) is 0 Å². The molecule has 0 aliphatic heterocycles. The maximum Gasteiger partial charge on any atom is 0.0746 e. The van der Waals surface area contributed by atoms with Gasteiger partial charge in [-0.15, -0.1) is 0 Å². The van der Waals surface area contributed by atoms with Gasteiger partial charge in [-0.3, -0.25) is 0 Å². The van der Waals surface area contributed by atoms with Gasteiger partial charge in [-0.25, -0.2) is 0 Å². The highest BCUT2D eigenvalue weighted by Crippen LogP contribution is 2.14. The smallest absolute Gasteiger partial charge is 0.0746 e. The van der Waals surface area contributed by atoms with Gasteiger partial charge in [0.15, 0.2) is 0 Å². The monoisotopic (exact) mass is 277 g/mol. The van der Waals surface area contributed by atoms with Crippen LogP contribution in [-0.2, 0) is 14.2 Å². The van der Waals surface area contributed by atoms with Gasteiger partial charge in [0.05, 0.1) is 38.6 Å². The van der Waals surface area contributed by atoms with E-state index in [0.717, 1.165) is 13.0 Å². The van der Waals surface area contributed by atoms with Crippen molar-refractivity contribution in [1.29, 1.82) is 0 Å². The van der Waals surface area contributed by atoms with Crippen molar-refractivity contribution in [2.24, 2.45) is 5.92 Å². The first-order valence-electron chi connectivity index (χ1n) is 7.05. The van der Waals surface area contributed by atoms with E-state index in [9.17, 15) is 5.11 Å². The van der Waals surface area contributed by atoms with Crippen LogP contribution < -0.4 is 5.32 Å². The van der Waals surface area contributed by atoms with Gasteiger partial charge in [-0.1, -0.05) is 13.8 Å². The van der Waals surface area contributed by atoms with Crippen LogP contribution in [0, 0.1) is 5.92 Å². The quantitative estimate of drug-likeness (QED) is 0.493. The van der Waals surface area contributed by atoms with Crippen LogP contribution in [-0.4, -0.2) is 63.9 Å². The molecule has 0 aliphatic rings. The van der Waals surface area contributed by atoms with E-state index < -0.39 is 5.60 Å². The zero-order valence-corrected chi connectivity index (χ0v) is 12.9. The summed E-state index contributed by atoms with van der Waals surface area (Å²) in [6.07, 6.45) is 0.800. The van der Waals surface area contributed by atoms with E-state index in [0.29, 0.717) is 45.5 Å². The lowest BCUT2D eigenvalue weighted by atomic mass is 9.94. The van der Waals surface area contributed by atoms with Crippen LogP contribution >= 0.6 is 0 Å². The van der Waals surface area contributed by atoms with Crippen molar-refractivity contribution >= 4 is 0 Å². The summed E-state index contributed by atoms with van der Waals surface area (Å²) in [4.78, 5) is 0. The minimum absolute atomic E-state index is 0.497. The molecule has 5 heteroatoms. The molecular formula is C14H31NO4. The standard InChI is InChI=1S/C14H31NO4/c1-13(2)11-14(3,16)12-15-5-6-18-9-10-19-8-7-17-4/h13,15-16H,5-12H2,1-4H3. The van der Waals surface area contributed by atoms with E-state index in [1.165, 1.54) is 0 Å². The zero-order valence-electron chi connectivity index (χ0n) is 12.9. The van der Waals surface area contributed by atoms with Crippen LogP contribution in [0.25, 0.3) is 0 Å². The Kier molecular flexibility index (Phi) is 11.5. The van der Waals surface area contributed by atoms with Gasteiger partial charge in [-0.2, -0.15) is 0 Å². The van der Waals surface area contributed by atoms with Crippen molar-refractivity contribution in [3.8, 4) is 0 Å². The molecule has 1 atom stereocenters. The van der Waals surface area contributed by atoms with Crippen molar-refractivity contribution in [1.82, 2.24) is 5.32 Å². The molecular weight excluding hydrogens is 246 g/mol.